The summed E-state index contributed by atoms with van der Waals surface area (Å²) in [6, 6.07) is 10.1. The normalized spacial score (nSPS) is 14.5. The van der Waals surface area contributed by atoms with Crippen LogP contribution in [0, 0.1) is 0 Å². The molecule has 0 amide bonds. The summed E-state index contributed by atoms with van der Waals surface area (Å²) < 4.78 is 13.1. The minimum Gasteiger partial charge on any atom is -0.386 e. The maximum absolute atomic E-state index is 12.1. The largest absolute Gasteiger partial charge is 0.386 e. The van der Waals surface area contributed by atoms with Crippen molar-refractivity contribution in [3.8, 4) is 0 Å². The number of aliphatic hydroxyl groups is 1. The highest BCUT2D eigenvalue weighted by atomic mass is 127. The lowest BCUT2D eigenvalue weighted by Gasteiger charge is -2.18. The molecular weight excluding hydrogens is 493 g/mol. The van der Waals surface area contributed by atoms with E-state index in [4.69, 9.17) is 0 Å². The van der Waals surface area contributed by atoms with E-state index in [0.717, 1.165) is 16.8 Å². The summed E-state index contributed by atoms with van der Waals surface area (Å²) in [6.45, 7) is 9.51. The van der Waals surface area contributed by atoms with Crippen LogP contribution in [0.5, 0.6) is 0 Å². The van der Waals surface area contributed by atoms with Crippen molar-refractivity contribution in [2.75, 3.05) is 25.4 Å². The number of fused-ring (bicyclic) bond motifs is 1. The van der Waals surface area contributed by atoms with Crippen LogP contribution >= 0.6 is 35.3 Å². The number of benzene rings is 1. The minimum atomic E-state index is -0.902. The van der Waals surface area contributed by atoms with Crippen LogP contribution in [-0.2, 0) is 10.8 Å². The Balaban J connectivity index is 0.00000364. The first-order valence-corrected chi connectivity index (χ1v) is 11.0. The molecule has 1 heterocycles. The number of thiophene rings is 1. The van der Waals surface area contributed by atoms with Gasteiger partial charge in [-0.1, -0.05) is 18.2 Å². The Morgan fingerprint density at radius 1 is 1.30 bits per heavy atom. The molecule has 8 heteroatoms. The van der Waals surface area contributed by atoms with Crippen molar-refractivity contribution < 1.29 is 9.32 Å². The summed E-state index contributed by atoms with van der Waals surface area (Å²) in [5.41, 5.74) is 0. The fraction of sp³-hybridized carbons (Fsp3) is 0.526. The number of rotatable bonds is 7. The molecule has 0 saturated heterocycles. The second-order valence-electron chi connectivity index (χ2n) is 7.01. The van der Waals surface area contributed by atoms with Crippen LogP contribution in [-0.4, -0.2) is 45.4 Å². The summed E-state index contributed by atoms with van der Waals surface area (Å²) in [5, 5.41) is 18.0. The van der Waals surface area contributed by atoms with Gasteiger partial charge in [-0.25, -0.2) is 0 Å². The third-order valence-corrected chi connectivity index (χ3v) is 6.96. The Hall–Kier alpha value is -0.710. The number of aliphatic hydroxyl groups excluding tert-OH is 1. The SMILES string of the molecule is CCNC(=NCC(O)c1cc2ccccc2s1)NCCS(=O)C(C)(C)C.I. The number of nitrogens with one attached hydrogen (secondary N) is 2. The molecule has 0 fully saturated rings. The summed E-state index contributed by atoms with van der Waals surface area (Å²) in [5.74, 6) is 1.20. The average Bonchev–Trinajstić information content (AvgIpc) is 3.02. The molecule has 0 aliphatic rings. The number of nitrogens with zero attached hydrogens (tertiary/aromatic N) is 1. The van der Waals surface area contributed by atoms with E-state index in [0.29, 0.717) is 18.3 Å². The Labute approximate surface area is 185 Å². The first-order valence-electron chi connectivity index (χ1n) is 8.88. The number of hydrogen-bond acceptors (Lipinski definition) is 4. The van der Waals surface area contributed by atoms with Crippen molar-refractivity contribution >= 4 is 62.2 Å². The topological polar surface area (TPSA) is 73.7 Å². The van der Waals surface area contributed by atoms with Gasteiger partial charge in [0.05, 0.1) is 6.54 Å². The molecule has 27 heavy (non-hydrogen) atoms. The van der Waals surface area contributed by atoms with E-state index in [1.807, 2.05) is 52.0 Å². The van der Waals surface area contributed by atoms with Crippen LogP contribution < -0.4 is 10.6 Å². The number of hydrogen-bond donors (Lipinski definition) is 3. The first-order chi connectivity index (χ1) is 12.3. The molecule has 0 bridgehead atoms. The second kappa shape index (κ2) is 11.3. The molecule has 5 nitrogen and oxygen atoms in total. The van der Waals surface area contributed by atoms with E-state index in [1.165, 1.54) is 4.70 Å². The Morgan fingerprint density at radius 3 is 2.63 bits per heavy atom. The molecular formula is C19H30IN3O2S2. The van der Waals surface area contributed by atoms with Gasteiger partial charge >= 0.3 is 0 Å². The van der Waals surface area contributed by atoms with E-state index >= 15 is 0 Å². The van der Waals surface area contributed by atoms with Crippen LogP contribution in [0.2, 0.25) is 0 Å². The van der Waals surface area contributed by atoms with E-state index in [1.54, 1.807) is 11.3 Å². The van der Waals surface area contributed by atoms with Crippen LogP contribution in [0.1, 0.15) is 38.7 Å². The zero-order valence-electron chi connectivity index (χ0n) is 16.3. The van der Waals surface area contributed by atoms with Crippen molar-refractivity contribution in [1.29, 1.82) is 0 Å². The zero-order valence-corrected chi connectivity index (χ0v) is 20.3. The van der Waals surface area contributed by atoms with Crippen LogP contribution in [0.3, 0.4) is 0 Å². The van der Waals surface area contributed by atoms with Gasteiger partial charge in [-0.15, -0.1) is 35.3 Å². The molecule has 1 aromatic carbocycles. The first kappa shape index (κ1) is 24.3. The lowest BCUT2D eigenvalue weighted by molar-refractivity contribution is 0.191. The van der Waals surface area contributed by atoms with Crippen LogP contribution in [0.15, 0.2) is 35.3 Å². The van der Waals surface area contributed by atoms with Crippen LogP contribution in [0.25, 0.3) is 10.1 Å². The van der Waals surface area contributed by atoms with E-state index in [2.05, 4.69) is 21.7 Å². The number of halogens is 1. The van der Waals surface area contributed by atoms with E-state index < -0.39 is 16.9 Å². The Bertz CT molecular complexity index is 739. The molecule has 0 saturated carbocycles. The number of aliphatic imine (C=N–C) groups is 1. The Morgan fingerprint density at radius 2 is 2.00 bits per heavy atom. The molecule has 3 N–H and O–H groups in total. The second-order valence-corrected chi connectivity index (χ2v) is 10.5. The predicted octanol–water partition coefficient (Wildman–Crippen LogP) is 3.66. The van der Waals surface area contributed by atoms with Crippen molar-refractivity contribution in [1.82, 2.24) is 10.6 Å². The highest BCUT2D eigenvalue weighted by Crippen LogP contribution is 2.29. The van der Waals surface area contributed by atoms with Crippen molar-refractivity contribution in [2.24, 2.45) is 4.99 Å². The Kier molecular flexibility index (Phi) is 10.2. The standard InChI is InChI=1S/C19H29N3O2S2.HI/c1-5-20-18(21-10-11-26(24)19(2,3)4)22-13-15(23)17-12-14-8-6-7-9-16(14)25-17;/h6-9,12,15,23H,5,10-11,13H2,1-4H3,(H2,20,21,22);1H. The summed E-state index contributed by atoms with van der Waals surface area (Å²) in [4.78, 5) is 5.39. The van der Waals surface area contributed by atoms with Gasteiger partial charge in [0.15, 0.2) is 5.96 Å². The molecule has 152 valence electrons. The fourth-order valence-corrected chi connectivity index (χ4v) is 4.29. The number of guanidine groups is 1. The monoisotopic (exact) mass is 523 g/mol. The van der Waals surface area contributed by atoms with Gasteiger partial charge in [-0.05, 0) is 45.2 Å². The molecule has 0 aliphatic heterocycles. The highest BCUT2D eigenvalue weighted by molar-refractivity contribution is 14.0. The third kappa shape index (κ3) is 7.67. The van der Waals surface area contributed by atoms with Gasteiger partial charge in [0.1, 0.15) is 6.10 Å². The van der Waals surface area contributed by atoms with Gasteiger partial charge in [-0.2, -0.15) is 0 Å². The molecule has 2 atom stereocenters. The molecule has 2 aromatic rings. The fourth-order valence-electron chi connectivity index (χ4n) is 2.34. The molecule has 2 unspecified atom stereocenters. The molecule has 1 aromatic heterocycles. The zero-order chi connectivity index (χ0) is 19.2. The third-order valence-electron chi connectivity index (χ3n) is 3.80. The molecule has 0 radical (unpaired) electrons. The van der Waals surface area contributed by atoms with Crippen molar-refractivity contribution in [3.05, 3.63) is 35.2 Å². The maximum atomic E-state index is 12.1. The predicted molar refractivity (Wildman–Crippen MR) is 129 cm³/mol. The summed E-state index contributed by atoms with van der Waals surface area (Å²) in [6.07, 6.45) is -0.633. The quantitative estimate of drug-likeness (QED) is 0.294. The molecule has 2 rings (SSSR count). The highest BCUT2D eigenvalue weighted by Gasteiger charge is 2.18. The smallest absolute Gasteiger partial charge is 0.191 e. The summed E-state index contributed by atoms with van der Waals surface area (Å²) >= 11 is 1.59. The average molecular weight is 524 g/mol. The van der Waals surface area contributed by atoms with Crippen molar-refractivity contribution in [3.63, 3.8) is 0 Å². The molecule has 0 aliphatic carbocycles. The lowest BCUT2D eigenvalue weighted by Crippen LogP contribution is -2.40. The van der Waals surface area contributed by atoms with E-state index in [9.17, 15) is 9.32 Å². The van der Waals surface area contributed by atoms with Gasteiger partial charge in [0.25, 0.3) is 0 Å². The van der Waals surface area contributed by atoms with Crippen molar-refractivity contribution in [2.45, 2.75) is 38.5 Å². The van der Waals surface area contributed by atoms with Gasteiger partial charge < -0.3 is 15.7 Å². The van der Waals surface area contributed by atoms with Crippen LogP contribution in [0.4, 0.5) is 0 Å². The lowest BCUT2D eigenvalue weighted by atomic mass is 10.2. The summed E-state index contributed by atoms with van der Waals surface area (Å²) in [7, 11) is -0.902. The minimum absolute atomic E-state index is 0. The van der Waals surface area contributed by atoms with Gasteiger partial charge in [-0.3, -0.25) is 9.20 Å². The van der Waals surface area contributed by atoms with E-state index in [-0.39, 0.29) is 35.3 Å². The van der Waals surface area contributed by atoms with Gasteiger partial charge in [0.2, 0.25) is 0 Å². The maximum Gasteiger partial charge on any atom is 0.191 e. The van der Waals surface area contributed by atoms with Gasteiger partial charge in [0, 0.05) is 44.0 Å². The molecule has 0 spiro atoms.